The molecule has 72 valence electrons. The van der Waals surface area contributed by atoms with Gasteiger partial charge in [-0.1, -0.05) is 12.1 Å². The van der Waals surface area contributed by atoms with E-state index in [9.17, 15) is 9.90 Å². The Morgan fingerprint density at radius 3 is 2.86 bits per heavy atom. The number of phenols is 1. The van der Waals surface area contributed by atoms with E-state index < -0.39 is 5.63 Å². The summed E-state index contributed by atoms with van der Waals surface area (Å²) < 4.78 is 4.75. The number of benzene rings is 1. The molecule has 2 rings (SSSR count). The van der Waals surface area contributed by atoms with Gasteiger partial charge in [-0.05, 0) is 17.5 Å². The van der Waals surface area contributed by atoms with Crippen molar-refractivity contribution in [3.8, 4) is 5.75 Å². The van der Waals surface area contributed by atoms with Crippen LogP contribution in [0.25, 0.3) is 10.8 Å². The molecule has 1 aromatic carbocycles. The number of rotatable bonds is 1. The minimum absolute atomic E-state index is 0.110. The highest BCUT2D eigenvalue weighted by molar-refractivity contribution is 5.86. The highest BCUT2D eigenvalue weighted by Gasteiger charge is 2.07. The lowest BCUT2D eigenvalue weighted by Gasteiger charge is -2.00. The van der Waals surface area contributed by atoms with Crippen LogP contribution >= 0.6 is 0 Å². The van der Waals surface area contributed by atoms with Crippen LogP contribution < -0.4 is 5.63 Å². The largest absolute Gasteiger partial charge is 0.507 e. The maximum atomic E-state index is 11.3. The highest BCUT2D eigenvalue weighted by atomic mass is 16.4. The van der Waals surface area contributed by atoms with Gasteiger partial charge < -0.3 is 14.6 Å². The lowest BCUT2D eigenvalue weighted by atomic mass is 10.1. The van der Waals surface area contributed by atoms with E-state index >= 15 is 0 Å². The molecule has 0 atom stereocenters. The van der Waals surface area contributed by atoms with E-state index in [2.05, 4.69) is 0 Å². The number of aliphatic hydroxyl groups excluding tert-OH is 1. The fraction of sp³-hybridized carbons (Fsp3) is 0.100. The van der Waals surface area contributed by atoms with Crippen LogP contribution in [0.5, 0.6) is 5.75 Å². The number of hydrogen-bond donors (Lipinski definition) is 2. The third-order valence-corrected chi connectivity index (χ3v) is 1.97. The molecule has 14 heavy (non-hydrogen) atoms. The van der Waals surface area contributed by atoms with E-state index in [0.29, 0.717) is 5.39 Å². The second-order valence-electron chi connectivity index (χ2n) is 2.90. The predicted octanol–water partition coefficient (Wildman–Crippen LogP) is 0.991. The molecule has 1 heterocycles. The number of fused-ring (bicyclic) bond motifs is 1. The molecule has 0 bridgehead atoms. The molecule has 0 aliphatic heterocycles. The summed E-state index contributed by atoms with van der Waals surface area (Å²) in [6, 6.07) is 6.23. The molecule has 4 nitrogen and oxygen atoms in total. The van der Waals surface area contributed by atoms with E-state index in [-0.39, 0.29) is 23.5 Å². The van der Waals surface area contributed by atoms with Crippen molar-refractivity contribution in [1.82, 2.24) is 0 Å². The van der Waals surface area contributed by atoms with Crippen LogP contribution in [0.15, 0.2) is 33.5 Å². The van der Waals surface area contributed by atoms with Crippen molar-refractivity contribution >= 4 is 10.8 Å². The number of aliphatic hydroxyl groups is 1. The quantitative estimate of drug-likeness (QED) is 0.706. The van der Waals surface area contributed by atoms with Gasteiger partial charge in [-0.15, -0.1) is 0 Å². The highest BCUT2D eigenvalue weighted by Crippen LogP contribution is 2.21. The van der Waals surface area contributed by atoms with Gasteiger partial charge in [0.2, 0.25) is 0 Å². The van der Waals surface area contributed by atoms with Gasteiger partial charge in [0.05, 0.1) is 0 Å². The summed E-state index contributed by atoms with van der Waals surface area (Å²) >= 11 is 0. The molecule has 0 aliphatic rings. The van der Waals surface area contributed by atoms with E-state index in [0.717, 1.165) is 0 Å². The van der Waals surface area contributed by atoms with Crippen molar-refractivity contribution < 1.29 is 14.6 Å². The third-order valence-electron chi connectivity index (χ3n) is 1.97. The number of aromatic hydroxyl groups is 1. The molecule has 0 saturated heterocycles. The maximum absolute atomic E-state index is 11.3. The Morgan fingerprint density at radius 1 is 1.36 bits per heavy atom. The lowest BCUT2D eigenvalue weighted by molar-refractivity contribution is 0.241. The van der Waals surface area contributed by atoms with Crippen molar-refractivity contribution in [3.63, 3.8) is 0 Å². The van der Waals surface area contributed by atoms with Gasteiger partial charge in [-0.25, -0.2) is 4.79 Å². The number of hydrogen-bond acceptors (Lipinski definition) is 4. The van der Waals surface area contributed by atoms with Gasteiger partial charge >= 0.3 is 5.63 Å². The summed E-state index contributed by atoms with van der Waals surface area (Å²) in [5.74, 6) is 0.0776. The molecule has 4 heteroatoms. The minimum Gasteiger partial charge on any atom is -0.507 e. The Kier molecular flexibility index (Phi) is 1.98. The molecule has 0 aliphatic carbocycles. The molecule has 0 radical (unpaired) electrons. The molecule has 1 aromatic heterocycles. The van der Waals surface area contributed by atoms with Crippen molar-refractivity contribution in [2.75, 3.05) is 0 Å². The second-order valence-corrected chi connectivity index (χ2v) is 2.90. The molecule has 2 N–H and O–H groups in total. The summed E-state index contributed by atoms with van der Waals surface area (Å²) in [4.78, 5) is 11.3. The fourth-order valence-electron chi connectivity index (χ4n) is 1.35. The SMILES string of the molecule is O=c1oc(CO)cc2cccc(O)c12. The third kappa shape index (κ3) is 1.25. The van der Waals surface area contributed by atoms with E-state index in [1.165, 1.54) is 12.1 Å². The molecular weight excluding hydrogens is 184 g/mol. The zero-order valence-corrected chi connectivity index (χ0v) is 7.23. The van der Waals surface area contributed by atoms with Crippen molar-refractivity contribution in [2.45, 2.75) is 6.61 Å². The smallest absolute Gasteiger partial charge is 0.347 e. The average molecular weight is 192 g/mol. The van der Waals surface area contributed by atoms with Crippen LogP contribution in [0, 0.1) is 0 Å². The van der Waals surface area contributed by atoms with Crippen LogP contribution in [0.2, 0.25) is 0 Å². The van der Waals surface area contributed by atoms with Crippen molar-refractivity contribution in [2.24, 2.45) is 0 Å². The summed E-state index contributed by atoms with van der Waals surface area (Å²) in [5, 5.41) is 18.9. The van der Waals surface area contributed by atoms with Gasteiger partial charge in [0.1, 0.15) is 23.5 Å². The zero-order valence-electron chi connectivity index (χ0n) is 7.23. The topological polar surface area (TPSA) is 70.7 Å². The molecule has 0 saturated carbocycles. The molecule has 0 fully saturated rings. The van der Waals surface area contributed by atoms with E-state index in [4.69, 9.17) is 9.52 Å². The first kappa shape index (κ1) is 8.77. The van der Waals surface area contributed by atoms with Gasteiger partial charge in [0, 0.05) is 0 Å². The normalized spacial score (nSPS) is 10.6. The lowest BCUT2D eigenvalue weighted by Crippen LogP contribution is -2.02. The summed E-state index contributed by atoms with van der Waals surface area (Å²) in [5.41, 5.74) is -0.635. The minimum atomic E-state index is -0.635. The Bertz CT molecular complexity index is 527. The Morgan fingerprint density at radius 2 is 2.14 bits per heavy atom. The van der Waals surface area contributed by atoms with Gasteiger partial charge in [0.15, 0.2) is 0 Å². The molecule has 0 amide bonds. The zero-order chi connectivity index (χ0) is 10.1. The maximum Gasteiger partial charge on any atom is 0.347 e. The first-order valence-electron chi connectivity index (χ1n) is 4.08. The van der Waals surface area contributed by atoms with Crippen LogP contribution in [0.4, 0.5) is 0 Å². The van der Waals surface area contributed by atoms with Crippen LogP contribution in [-0.4, -0.2) is 10.2 Å². The summed E-state index contributed by atoms with van der Waals surface area (Å²) in [6.07, 6.45) is 0. The van der Waals surface area contributed by atoms with Gasteiger partial charge in [-0.3, -0.25) is 0 Å². The van der Waals surface area contributed by atoms with Crippen LogP contribution in [0.3, 0.4) is 0 Å². The van der Waals surface area contributed by atoms with Crippen molar-refractivity contribution in [3.05, 3.63) is 40.4 Å². The Hall–Kier alpha value is -1.81. The Balaban J connectivity index is 2.90. The molecule has 0 unspecified atom stereocenters. The van der Waals surface area contributed by atoms with E-state index in [1.54, 1.807) is 12.1 Å². The number of phenolic OH excluding ortho intramolecular Hbond substituents is 1. The van der Waals surface area contributed by atoms with Crippen LogP contribution in [-0.2, 0) is 6.61 Å². The molecular formula is C10H8O4. The second kappa shape index (κ2) is 3.16. The average Bonchev–Trinajstić information content (AvgIpc) is 2.17. The van der Waals surface area contributed by atoms with Gasteiger partial charge in [-0.2, -0.15) is 0 Å². The summed E-state index contributed by atoms with van der Waals surface area (Å²) in [6.45, 7) is -0.333. The first-order chi connectivity index (χ1) is 6.72. The van der Waals surface area contributed by atoms with Crippen molar-refractivity contribution in [1.29, 1.82) is 0 Å². The monoisotopic (exact) mass is 192 g/mol. The standard InChI is InChI=1S/C10H8O4/c11-5-7-4-6-2-1-3-8(12)9(6)10(13)14-7/h1-4,11-12H,5H2. The summed E-state index contributed by atoms with van der Waals surface area (Å²) in [7, 11) is 0. The molecule has 0 spiro atoms. The van der Waals surface area contributed by atoms with E-state index in [1.807, 2.05) is 0 Å². The predicted molar refractivity (Wildman–Crippen MR) is 50.1 cm³/mol. The molecule has 2 aromatic rings. The Labute approximate surface area is 79.0 Å². The fourth-order valence-corrected chi connectivity index (χ4v) is 1.35. The first-order valence-corrected chi connectivity index (χ1v) is 4.08. The van der Waals surface area contributed by atoms with Crippen LogP contribution in [0.1, 0.15) is 5.76 Å². The van der Waals surface area contributed by atoms with Gasteiger partial charge in [0.25, 0.3) is 0 Å².